The van der Waals surface area contributed by atoms with Crippen LogP contribution in [0.3, 0.4) is 0 Å². The number of rotatable bonds is 3. The number of carbonyl (C=O) groups excluding carboxylic acids is 1. The van der Waals surface area contributed by atoms with Gasteiger partial charge in [-0.3, -0.25) is 4.79 Å². The minimum absolute atomic E-state index is 0.161. The van der Waals surface area contributed by atoms with E-state index in [1.54, 1.807) is 30.3 Å². The van der Waals surface area contributed by atoms with Crippen molar-refractivity contribution in [1.29, 1.82) is 0 Å². The van der Waals surface area contributed by atoms with E-state index in [2.05, 4.69) is 12.1 Å². The van der Waals surface area contributed by atoms with E-state index in [9.17, 15) is 4.79 Å². The van der Waals surface area contributed by atoms with E-state index in [1.165, 1.54) is 11.1 Å². The first-order chi connectivity index (χ1) is 11.0. The van der Waals surface area contributed by atoms with Gasteiger partial charge in [0.2, 0.25) is 5.12 Å². The molecule has 0 aliphatic carbocycles. The number of hydrogen-bond donors (Lipinski definition) is 0. The molecule has 0 amide bonds. The molecule has 0 saturated heterocycles. The van der Waals surface area contributed by atoms with Crippen LogP contribution in [0.25, 0.3) is 11.3 Å². The lowest BCUT2D eigenvalue weighted by Gasteiger charge is -2.01. The second-order valence-corrected chi connectivity index (χ2v) is 6.70. The smallest absolute Gasteiger partial charge is 0.246 e. The molecule has 1 heterocycles. The second-order valence-electron chi connectivity index (χ2n) is 5.22. The first-order valence-corrected chi connectivity index (χ1v) is 8.24. The fourth-order valence-electron chi connectivity index (χ4n) is 2.06. The minimum atomic E-state index is -0.161. The normalized spacial score (nSPS) is 10.7. The van der Waals surface area contributed by atoms with Crippen LogP contribution in [-0.4, -0.2) is 10.3 Å². The largest absolute Gasteiger partial charge is 0.356 e. The predicted octanol–water partition coefficient (Wildman–Crippen LogP) is 5.54. The van der Waals surface area contributed by atoms with Crippen molar-refractivity contribution < 1.29 is 9.32 Å². The quantitative estimate of drug-likeness (QED) is 0.585. The van der Waals surface area contributed by atoms with Gasteiger partial charge in [-0.05, 0) is 67.1 Å². The maximum Gasteiger partial charge on any atom is 0.246 e. The molecule has 0 radical (unpaired) electrons. The molecular formula is C18H14ClNO2S. The molecule has 116 valence electrons. The zero-order valence-electron chi connectivity index (χ0n) is 12.7. The van der Waals surface area contributed by atoms with Gasteiger partial charge in [0.15, 0.2) is 11.5 Å². The van der Waals surface area contributed by atoms with Crippen LogP contribution in [0.5, 0.6) is 0 Å². The maximum atomic E-state index is 12.3. The van der Waals surface area contributed by atoms with E-state index in [0.717, 1.165) is 22.2 Å². The van der Waals surface area contributed by atoms with Crippen LogP contribution < -0.4 is 0 Å². The molecule has 0 fully saturated rings. The molecule has 0 spiro atoms. The summed E-state index contributed by atoms with van der Waals surface area (Å²) in [6.07, 6.45) is 0. The lowest BCUT2D eigenvalue weighted by atomic mass is 10.0. The van der Waals surface area contributed by atoms with Crippen molar-refractivity contribution >= 4 is 28.5 Å². The van der Waals surface area contributed by atoms with Crippen molar-refractivity contribution in [3.8, 4) is 11.3 Å². The average molecular weight is 344 g/mol. The Kier molecular flexibility index (Phi) is 4.55. The zero-order chi connectivity index (χ0) is 16.4. The highest BCUT2D eigenvalue weighted by Gasteiger charge is 2.15. The Hall–Kier alpha value is -2.04. The summed E-state index contributed by atoms with van der Waals surface area (Å²) >= 11 is 6.94. The van der Waals surface area contributed by atoms with Gasteiger partial charge in [-0.15, -0.1) is 0 Å². The lowest BCUT2D eigenvalue weighted by Crippen LogP contribution is -1.92. The molecule has 0 aliphatic heterocycles. The van der Waals surface area contributed by atoms with E-state index >= 15 is 0 Å². The predicted molar refractivity (Wildman–Crippen MR) is 93.1 cm³/mol. The number of aryl methyl sites for hydroxylation is 2. The molecule has 0 saturated carbocycles. The van der Waals surface area contributed by atoms with E-state index in [0.29, 0.717) is 16.5 Å². The number of nitrogens with zero attached hydrogens (tertiary/aromatic N) is 1. The summed E-state index contributed by atoms with van der Waals surface area (Å²) in [5, 5.41) is 4.37. The molecule has 1 aromatic heterocycles. The molecule has 23 heavy (non-hydrogen) atoms. The van der Waals surface area contributed by atoms with Gasteiger partial charge in [-0.2, -0.15) is 0 Å². The van der Waals surface area contributed by atoms with Gasteiger partial charge in [-0.25, -0.2) is 0 Å². The molecule has 2 aromatic carbocycles. The second kappa shape index (κ2) is 6.60. The van der Waals surface area contributed by atoms with Crippen LogP contribution in [0, 0.1) is 13.8 Å². The number of halogens is 1. The zero-order valence-corrected chi connectivity index (χ0v) is 14.2. The molecule has 3 rings (SSSR count). The minimum Gasteiger partial charge on any atom is -0.356 e. The summed E-state index contributed by atoms with van der Waals surface area (Å²) < 4.78 is 5.32. The number of aromatic nitrogens is 1. The molecular weight excluding hydrogens is 330 g/mol. The lowest BCUT2D eigenvalue weighted by molar-refractivity contribution is 0.108. The Bertz CT molecular complexity index is 856. The molecule has 0 aliphatic rings. The summed E-state index contributed by atoms with van der Waals surface area (Å²) in [7, 11) is 0. The van der Waals surface area contributed by atoms with Gasteiger partial charge >= 0.3 is 0 Å². The van der Waals surface area contributed by atoms with E-state index in [-0.39, 0.29) is 5.12 Å². The Balaban J connectivity index is 1.79. The van der Waals surface area contributed by atoms with Crippen molar-refractivity contribution in [2.75, 3.05) is 0 Å². The number of hydrogen-bond acceptors (Lipinski definition) is 4. The van der Waals surface area contributed by atoms with Crippen LogP contribution in [0.1, 0.15) is 21.6 Å². The fourth-order valence-corrected chi connectivity index (χ4v) is 2.88. The Morgan fingerprint density at radius 1 is 1.04 bits per heavy atom. The van der Waals surface area contributed by atoms with Crippen LogP contribution in [0.15, 0.2) is 57.9 Å². The molecule has 0 unspecified atom stereocenters. The topological polar surface area (TPSA) is 43.1 Å². The maximum absolute atomic E-state index is 12.3. The first kappa shape index (κ1) is 15.8. The number of carbonyl (C=O) groups is 1. The standard InChI is InChI=1S/C18H14ClNO2S/c1-11-3-4-13(9-12(11)2)17-10-16(20-22-17)18(21)23-15-7-5-14(19)6-8-15/h3-10H,1-2H3. The monoisotopic (exact) mass is 343 g/mol. The summed E-state index contributed by atoms with van der Waals surface area (Å²) in [6.45, 7) is 4.09. The molecule has 0 bridgehead atoms. The number of benzene rings is 2. The number of thioether (sulfide) groups is 1. The highest BCUT2D eigenvalue weighted by Crippen LogP contribution is 2.27. The van der Waals surface area contributed by atoms with Gasteiger partial charge in [0.1, 0.15) is 0 Å². The SMILES string of the molecule is Cc1ccc(-c2cc(C(=O)Sc3ccc(Cl)cc3)no2)cc1C. The third-order valence-electron chi connectivity index (χ3n) is 3.53. The van der Waals surface area contributed by atoms with Gasteiger partial charge in [0.05, 0.1) is 0 Å². The van der Waals surface area contributed by atoms with Crippen LogP contribution >= 0.6 is 23.4 Å². The van der Waals surface area contributed by atoms with E-state index in [1.807, 2.05) is 25.1 Å². The van der Waals surface area contributed by atoms with Crippen LogP contribution in [0.4, 0.5) is 0 Å². The van der Waals surface area contributed by atoms with Gasteiger partial charge in [0.25, 0.3) is 0 Å². The summed E-state index contributed by atoms with van der Waals surface area (Å²) in [6, 6.07) is 14.8. The van der Waals surface area contributed by atoms with Crippen molar-refractivity contribution in [2.45, 2.75) is 18.7 Å². The van der Waals surface area contributed by atoms with Gasteiger partial charge < -0.3 is 4.52 Å². The average Bonchev–Trinajstić information content (AvgIpc) is 3.02. The third-order valence-corrected chi connectivity index (χ3v) is 4.69. The molecule has 0 N–H and O–H groups in total. The Morgan fingerprint density at radius 3 is 2.48 bits per heavy atom. The molecule has 0 atom stereocenters. The fraction of sp³-hybridized carbons (Fsp3) is 0.111. The van der Waals surface area contributed by atoms with Crippen LogP contribution in [0.2, 0.25) is 5.02 Å². The van der Waals surface area contributed by atoms with E-state index in [4.69, 9.17) is 16.1 Å². The van der Waals surface area contributed by atoms with Gasteiger partial charge in [-0.1, -0.05) is 28.9 Å². The van der Waals surface area contributed by atoms with E-state index < -0.39 is 0 Å². The van der Waals surface area contributed by atoms with Crippen molar-refractivity contribution in [3.63, 3.8) is 0 Å². The van der Waals surface area contributed by atoms with Crippen molar-refractivity contribution in [3.05, 3.63) is 70.4 Å². The highest BCUT2D eigenvalue weighted by molar-refractivity contribution is 8.14. The summed E-state index contributed by atoms with van der Waals surface area (Å²) in [5.41, 5.74) is 3.60. The molecule has 3 nitrogen and oxygen atoms in total. The van der Waals surface area contributed by atoms with Crippen molar-refractivity contribution in [1.82, 2.24) is 5.16 Å². The third kappa shape index (κ3) is 3.66. The van der Waals surface area contributed by atoms with Crippen LogP contribution in [-0.2, 0) is 0 Å². The first-order valence-electron chi connectivity index (χ1n) is 7.05. The Morgan fingerprint density at radius 2 is 1.78 bits per heavy atom. The summed E-state index contributed by atoms with van der Waals surface area (Å²) in [4.78, 5) is 13.1. The molecule has 5 heteroatoms. The van der Waals surface area contributed by atoms with Crippen molar-refractivity contribution in [2.24, 2.45) is 0 Å². The Labute approximate surface area is 143 Å². The van der Waals surface area contributed by atoms with Gasteiger partial charge in [0, 0.05) is 21.5 Å². The molecule has 3 aromatic rings. The summed E-state index contributed by atoms with van der Waals surface area (Å²) in [5.74, 6) is 0.591. The highest BCUT2D eigenvalue weighted by atomic mass is 35.5.